The Morgan fingerprint density at radius 2 is 2.12 bits per heavy atom. The highest BCUT2D eigenvalue weighted by molar-refractivity contribution is 7.99. The summed E-state index contributed by atoms with van der Waals surface area (Å²) in [6.07, 6.45) is 7.34. The molecule has 1 atom stereocenters. The molecule has 0 radical (unpaired) electrons. The van der Waals surface area contributed by atoms with Gasteiger partial charge in [0.15, 0.2) is 10.9 Å². The van der Waals surface area contributed by atoms with E-state index in [0.29, 0.717) is 23.9 Å². The van der Waals surface area contributed by atoms with E-state index in [9.17, 15) is 4.79 Å². The van der Waals surface area contributed by atoms with Crippen LogP contribution in [0.2, 0.25) is 0 Å². The first-order valence-corrected chi connectivity index (χ1v) is 10.3. The molecule has 2 aromatic heterocycles. The van der Waals surface area contributed by atoms with Crippen LogP contribution in [0.15, 0.2) is 28.0 Å². The van der Waals surface area contributed by atoms with Crippen molar-refractivity contribution >= 4 is 17.7 Å². The van der Waals surface area contributed by atoms with Crippen molar-refractivity contribution in [3.05, 3.63) is 18.4 Å². The molecule has 26 heavy (non-hydrogen) atoms. The first-order chi connectivity index (χ1) is 12.8. The van der Waals surface area contributed by atoms with Gasteiger partial charge in [-0.1, -0.05) is 11.8 Å². The molecule has 2 aliphatic heterocycles. The van der Waals surface area contributed by atoms with Crippen molar-refractivity contribution in [2.45, 2.75) is 49.9 Å². The molecule has 0 N–H and O–H groups in total. The Labute approximate surface area is 157 Å². The van der Waals surface area contributed by atoms with Gasteiger partial charge in [0.1, 0.15) is 0 Å². The van der Waals surface area contributed by atoms with Gasteiger partial charge in [0.05, 0.1) is 24.7 Å². The fourth-order valence-corrected chi connectivity index (χ4v) is 4.35. The molecule has 4 rings (SSSR count). The van der Waals surface area contributed by atoms with Gasteiger partial charge >= 0.3 is 0 Å². The summed E-state index contributed by atoms with van der Waals surface area (Å²) >= 11 is 1.45. The molecule has 2 fully saturated rings. The van der Waals surface area contributed by atoms with E-state index >= 15 is 0 Å². The number of hydrogen-bond donors (Lipinski definition) is 0. The third-order valence-electron chi connectivity index (χ3n) is 4.90. The molecule has 0 spiro atoms. The second kappa shape index (κ2) is 8.26. The molecular formula is C18H24N4O3S. The van der Waals surface area contributed by atoms with Crippen LogP contribution in [0.5, 0.6) is 0 Å². The van der Waals surface area contributed by atoms with E-state index in [-0.39, 0.29) is 12.0 Å². The van der Waals surface area contributed by atoms with Gasteiger partial charge in [0.2, 0.25) is 11.7 Å². The Morgan fingerprint density at radius 1 is 1.23 bits per heavy atom. The summed E-state index contributed by atoms with van der Waals surface area (Å²) in [5.74, 6) is 1.95. The Kier molecular flexibility index (Phi) is 5.59. The van der Waals surface area contributed by atoms with Gasteiger partial charge in [-0.3, -0.25) is 9.36 Å². The zero-order chi connectivity index (χ0) is 17.8. The van der Waals surface area contributed by atoms with Crippen LogP contribution in [-0.2, 0) is 16.1 Å². The number of aromatic nitrogens is 3. The van der Waals surface area contributed by atoms with Crippen molar-refractivity contribution in [1.82, 2.24) is 19.7 Å². The second-order valence-corrected chi connectivity index (χ2v) is 7.70. The number of rotatable bonds is 6. The molecule has 0 aliphatic carbocycles. The van der Waals surface area contributed by atoms with E-state index in [1.165, 1.54) is 18.2 Å². The number of ether oxygens (including phenoxy) is 1. The predicted molar refractivity (Wildman–Crippen MR) is 97.9 cm³/mol. The maximum atomic E-state index is 12.5. The lowest BCUT2D eigenvalue weighted by atomic mass is 10.1. The van der Waals surface area contributed by atoms with E-state index in [1.807, 2.05) is 21.6 Å². The number of hydrogen-bond acceptors (Lipinski definition) is 6. The van der Waals surface area contributed by atoms with Gasteiger partial charge < -0.3 is 14.1 Å². The topological polar surface area (TPSA) is 73.4 Å². The van der Waals surface area contributed by atoms with Gasteiger partial charge in [-0.25, -0.2) is 0 Å². The normalized spacial score (nSPS) is 20.6. The third kappa shape index (κ3) is 3.96. The standard InChI is InChI=1S/C18H24N4O3S/c23-16(21-8-2-1-3-9-21)13-26-18-20-19-17(15-7-5-11-25-15)22(18)12-14-6-4-10-24-14/h5,7,11,14H,1-4,6,8-10,12-13H2/t14-/m1/s1. The first-order valence-electron chi connectivity index (χ1n) is 9.30. The van der Waals surface area contributed by atoms with Crippen molar-refractivity contribution in [3.8, 4) is 11.6 Å². The zero-order valence-corrected chi connectivity index (χ0v) is 15.6. The van der Waals surface area contributed by atoms with Crippen molar-refractivity contribution in [2.75, 3.05) is 25.4 Å². The smallest absolute Gasteiger partial charge is 0.233 e. The molecule has 8 heteroatoms. The van der Waals surface area contributed by atoms with Crippen LogP contribution in [0.3, 0.4) is 0 Å². The molecule has 0 unspecified atom stereocenters. The third-order valence-corrected chi connectivity index (χ3v) is 5.85. The molecule has 7 nitrogen and oxygen atoms in total. The average Bonchev–Trinajstić information content (AvgIpc) is 3.43. The lowest BCUT2D eigenvalue weighted by Crippen LogP contribution is -2.36. The Bertz CT molecular complexity index is 719. The minimum absolute atomic E-state index is 0.164. The van der Waals surface area contributed by atoms with Gasteiger partial charge in [-0.05, 0) is 44.2 Å². The van der Waals surface area contributed by atoms with E-state index in [0.717, 1.165) is 50.5 Å². The summed E-state index contributed by atoms with van der Waals surface area (Å²) in [6.45, 7) is 3.24. The van der Waals surface area contributed by atoms with E-state index in [1.54, 1.807) is 6.26 Å². The SMILES string of the molecule is O=C(CSc1nnc(-c2ccco2)n1C[C@H]1CCCO1)N1CCCCC1. The number of carbonyl (C=O) groups excluding carboxylic acids is 1. The quantitative estimate of drug-likeness (QED) is 0.722. The highest BCUT2D eigenvalue weighted by atomic mass is 32.2. The molecule has 4 heterocycles. The van der Waals surface area contributed by atoms with Crippen LogP contribution in [0.25, 0.3) is 11.6 Å². The largest absolute Gasteiger partial charge is 0.461 e. The monoisotopic (exact) mass is 376 g/mol. The maximum Gasteiger partial charge on any atom is 0.233 e. The molecular weight excluding hydrogens is 352 g/mol. The summed E-state index contributed by atoms with van der Waals surface area (Å²) in [6, 6.07) is 3.72. The Balaban J connectivity index is 1.48. The number of furan rings is 1. The van der Waals surface area contributed by atoms with Gasteiger partial charge in [-0.15, -0.1) is 10.2 Å². The lowest BCUT2D eigenvalue weighted by Gasteiger charge is -2.26. The molecule has 2 aliphatic rings. The van der Waals surface area contributed by atoms with Crippen LogP contribution < -0.4 is 0 Å². The highest BCUT2D eigenvalue weighted by Gasteiger charge is 2.24. The summed E-state index contributed by atoms with van der Waals surface area (Å²) in [7, 11) is 0. The fourth-order valence-electron chi connectivity index (χ4n) is 3.50. The minimum Gasteiger partial charge on any atom is -0.461 e. The lowest BCUT2D eigenvalue weighted by molar-refractivity contribution is -0.129. The van der Waals surface area contributed by atoms with Crippen molar-refractivity contribution < 1.29 is 13.9 Å². The summed E-state index contributed by atoms with van der Waals surface area (Å²) in [5.41, 5.74) is 0. The molecule has 2 aromatic rings. The summed E-state index contributed by atoms with van der Waals surface area (Å²) in [5, 5.41) is 9.38. The molecule has 0 aromatic carbocycles. The number of piperidine rings is 1. The van der Waals surface area contributed by atoms with Gasteiger partial charge in [0, 0.05) is 19.7 Å². The first kappa shape index (κ1) is 17.6. The van der Waals surface area contributed by atoms with Crippen molar-refractivity contribution in [2.24, 2.45) is 0 Å². The second-order valence-electron chi connectivity index (χ2n) is 6.76. The Morgan fingerprint density at radius 3 is 2.85 bits per heavy atom. The molecule has 140 valence electrons. The number of nitrogens with zero attached hydrogens (tertiary/aromatic N) is 4. The Hall–Kier alpha value is -1.80. The number of likely N-dealkylation sites (tertiary alicyclic amines) is 1. The number of thioether (sulfide) groups is 1. The van der Waals surface area contributed by atoms with E-state index in [4.69, 9.17) is 9.15 Å². The zero-order valence-electron chi connectivity index (χ0n) is 14.8. The average molecular weight is 376 g/mol. The summed E-state index contributed by atoms with van der Waals surface area (Å²) < 4.78 is 13.3. The van der Waals surface area contributed by atoms with Crippen LogP contribution >= 0.6 is 11.8 Å². The van der Waals surface area contributed by atoms with E-state index < -0.39 is 0 Å². The molecule has 2 saturated heterocycles. The van der Waals surface area contributed by atoms with Crippen molar-refractivity contribution in [1.29, 1.82) is 0 Å². The molecule has 1 amide bonds. The minimum atomic E-state index is 0.164. The number of amides is 1. The summed E-state index contributed by atoms with van der Waals surface area (Å²) in [4.78, 5) is 14.4. The fraction of sp³-hybridized carbons (Fsp3) is 0.611. The predicted octanol–water partition coefficient (Wildman–Crippen LogP) is 2.82. The highest BCUT2D eigenvalue weighted by Crippen LogP contribution is 2.27. The van der Waals surface area contributed by atoms with Crippen LogP contribution in [0.1, 0.15) is 32.1 Å². The van der Waals surface area contributed by atoms with Gasteiger partial charge in [-0.2, -0.15) is 0 Å². The van der Waals surface area contributed by atoms with Crippen molar-refractivity contribution in [3.63, 3.8) is 0 Å². The van der Waals surface area contributed by atoms with Crippen LogP contribution in [-0.4, -0.2) is 57.1 Å². The number of carbonyl (C=O) groups is 1. The van der Waals surface area contributed by atoms with E-state index in [2.05, 4.69) is 10.2 Å². The van der Waals surface area contributed by atoms with Crippen LogP contribution in [0.4, 0.5) is 0 Å². The maximum absolute atomic E-state index is 12.5. The molecule has 0 bridgehead atoms. The van der Waals surface area contributed by atoms with Crippen LogP contribution in [0, 0.1) is 0 Å². The van der Waals surface area contributed by atoms with Gasteiger partial charge in [0.25, 0.3) is 0 Å². The molecule has 0 saturated carbocycles.